The molecule has 152 valence electrons. The largest absolute Gasteiger partial charge is 0.463 e. The Hall–Kier alpha value is -0.650. The standard InChI is InChI=1S/C20H40O4.H3N/c1-2-3-4-11-14-19(22)15-12-9-7-5-6-8-10-13-16-20(23)24-18-17-21;/h19,21-22H,2-18H2,1H3;1H3. The molecule has 1 unspecified atom stereocenters. The first-order chi connectivity index (χ1) is 11.7. The van der Waals surface area contributed by atoms with Gasteiger partial charge in [0.15, 0.2) is 0 Å². The molecule has 5 heteroatoms. The number of hydrogen-bond donors (Lipinski definition) is 3. The lowest BCUT2D eigenvalue weighted by Crippen LogP contribution is -2.07. The zero-order valence-electron chi connectivity index (χ0n) is 16.5. The average molecular weight is 362 g/mol. The number of carbonyl (C=O) groups excluding carboxylic acids is 1. The molecule has 0 bridgehead atoms. The van der Waals surface area contributed by atoms with Crippen LogP contribution in [0, 0.1) is 0 Å². The van der Waals surface area contributed by atoms with E-state index < -0.39 is 0 Å². The molecule has 0 aromatic heterocycles. The maximum absolute atomic E-state index is 11.2. The third-order valence-electron chi connectivity index (χ3n) is 4.41. The highest BCUT2D eigenvalue weighted by Crippen LogP contribution is 2.14. The lowest BCUT2D eigenvalue weighted by molar-refractivity contribution is -0.144. The van der Waals surface area contributed by atoms with Crippen molar-refractivity contribution < 1.29 is 19.7 Å². The summed E-state index contributed by atoms with van der Waals surface area (Å²) in [7, 11) is 0. The highest BCUT2D eigenvalue weighted by Gasteiger charge is 2.04. The van der Waals surface area contributed by atoms with Gasteiger partial charge >= 0.3 is 5.97 Å². The van der Waals surface area contributed by atoms with Gasteiger partial charge in [-0.05, 0) is 19.3 Å². The molecule has 1 atom stereocenters. The molecule has 0 saturated heterocycles. The van der Waals surface area contributed by atoms with E-state index in [4.69, 9.17) is 9.84 Å². The number of hydrogen-bond acceptors (Lipinski definition) is 5. The molecule has 0 spiro atoms. The third kappa shape index (κ3) is 21.3. The molecular formula is C20H43NO4. The SMILES string of the molecule is CCCCCCC(O)CCCCCCCCCCC(=O)OCCO.N. The van der Waals surface area contributed by atoms with Gasteiger partial charge in [0, 0.05) is 6.42 Å². The molecule has 0 rings (SSSR count). The molecule has 0 heterocycles. The normalized spacial score (nSPS) is 11.8. The second-order valence-corrected chi connectivity index (χ2v) is 6.81. The monoisotopic (exact) mass is 361 g/mol. The minimum Gasteiger partial charge on any atom is -0.463 e. The van der Waals surface area contributed by atoms with Crippen LogP contribution >= 0.6 is 0 Å². The van der Waals surface area contributed by atoms with Crippen molar-refractivity contribution in [2.75, 3.05) is 13.2 Å². The van der Waals surface area contributed by atoms with E-state index in [-0.39, 0.29) is 31.4 Å². The topological polar surface area (TPSA) is 102 Å². The maximum atomic E-state index is 11.2. The molecule has 0 fully saturated rings. The van der Waals surface area contributed by atoms with Crippen LogP contribution in [-0.2, 0) is 9.53 Å². The molecule has 0 aliphatic carbocycles. The van der Waals surface area contributed by atoms with Crippen LogP contribution in [0.2, 0.25) is 0 Å². The van der Waals surface area contributed by atoms with Crippen molar-refractivity contribution in [3.63, 3.8) is 0 Å². The summed E-state index contributed by atoms with van der Waals surface area (Å²) in [6, 6.07) is 0. The van der Waals surface area contributed by atoms with Crippen LogP contribution in [0.15, 0.2) is 0 Å². The van der Waals surface area contributed by atoms with Crippen LogP contribution in [0.1, 0.15) is 103 Å². The second-order valence-electron chi connectivity index (χ2n) is 6.81. The summed E-state index contributed by atoms with van der Waals surface area (Å²) in [5, 5.41) is 18.4. The van der Waals surface area contributed by atoms with Crippen LogP contribution in [0.25, 0.3) is 0 Å². The Morgan fingerprint density at radius 2 is 1.32 bits per heavy atom. The van der Waals surface area contributed by atoms with E-state index in [1.165, 1.54) is 57.8 Å². The molecular weight excluding hydrogens is 318 g/mol. The fourth-order valence-electron chi connectivity index (χ4n) is 2.89. The average Bonchev–Trinajstić information content (AvgIpc) is 2.58. The van der Waals surface area contributed by atoms with E-state index in [1.807, 2.05) is 0 Å². The summed E-state index contributed by atoms with van der Waals surface area (Å²) in [6.45, 7) is 2.23. The fraction of sp³-hybridized carbons (Fsp3) is 0.950. The summed E-state index contributed by atoms with van der Waals surface area (Å²) >= 11 is 0. The minimum atomic E-state index is -0.197. The molecule has 0 aromatic rings. The summed E-state index contributed by atoms with van der Waals surface area (Å²) in [6.07, 6.45) is 16.5. The number of ether oxygens (including phenoxy) is 1. The molecule has 0 aliphatic rings. The van der Waals surface area contributed by atoms with E-state index in [1.54, 1.807) is 0 Å². The Bertz CT molecular complexity index is 274. The van der Waals surface area contributed by atoms with Crippen molar-refractivity contribution >= 4 is 5.97 Å². The second kappa shape index (κ2) is 21.4. The van der Waals surface area contributed by atoms with Crippen molar-refractivity contribution in [2.45, 2.75) is 109 Å². The Kier molecular flexibility index (Phi) is 22.7. The summed E-state index contributed by atoms with van der Waals surface area (Å²) < 4.78 is 4.81. The molecule has 5 nitrogen and oxygen atoms in total. The summed E-state index contributed by atoms with van der Waals surface area (Å²) in [5.41, 5.74) is 0. The van der Waals surface area contributed by atoms with E-state index in [9.17, 15) is 9.90 Å². The number of aliphatic hydroxyl groups is 2. The quantitative estimate of drug-likeness (QED) is 0.238. The molecule has 5 N–H and O–H groups in total. The number of aliphatic hydroxyl groups excluding tert-OH is 2. The van der Waals surface area contributed by atoms with E-state index in [2.05, 4.69) is 6.92 Å². The van der Waals surface area contributed by atoms with Crippen LogP contribution in [0.3, 0.4) is 0 Å². The van der Waals surface area contributed by atoms with Crippen molar-refractivity contribution in [2.24, 2.45) is 0 Å². The molecule has 0 aliphatic heterocycles. The highest BCUT2D eigenvalue weighted by atomic mass is 16.5. The maximum Gasteiger partial charge on any atom is 0.305 e. The lowest BCUT2D eigenvalue weighted by atomic mass is 10.0. The van der Waals surface area contributed by atoms with E-state index >= 15 is 0 Å². The summed E-state index contributed by atoms with van der Waals surface area (Å²) in [4.78, 5) is 11.2. The van der Waals surface area contributed by atoms with Gasteiger partial charge in [-0.2, -0.15) is 0 Å². The Morgan fingerprint density at radius 1 is 0.840 bits per heavy atom. The molecule has 0 aromatic carbocycles. The van der Waals surface area contributed by atoms with Crippen LogP contribution in [0.4, 0.5) is 0 Å². The van der Waals surface area contributed by atoms with Crippen LogP contribution in [0.5, 0.6) is 0 Å². The highest BCUT2D eigenvalue weighted by molar-refractivity contribution is 5.69. The van der Waals surface area contributed by atoms with Crippen LogP contribution < -0.4 is 6.15 Å². The van der Waals surface area contributed by atoms with Crippen molar-refractivity contribution in [1.29, 1.82) is 0 Å². The predicted molar refractivity (Wildman–Crippen MR) is 104 cm³/mol. The van der Waals surface area contributed by atoms with Crippen molar-refractivity contribution in [1.82, 2.24) is 6.15 Å². The fourth-order valence-corrected chi connectivity index (χ4v) is 2.89. The predicted octanol–water partition coefficient (Wildman–Crippen LogP) is 4.92. The lowest BCUT2D eigenvalue weighted by Gasteiger charge is -2.10. The number of esters is 1. The zero-order valence-corrected chi connectivity index (χ0v) is 16.5. The third-order valence-corrected chi connectivity index (χ3v) is 4.41. The van der Waals surface area contributed by atoms with Gasteiger partial charge in [0.2, 0.25) is 0 Å². The van der Waals surface area contributed by atoms with Gasteiger partial charge in [-0.15, -0.1) is 0 Å². The van der Waals surface area contributed by atoms with E-state index in [0.29, 0.717) is 6.42 Å². The number of unbranched alkanes of at least 4 members (excludes halogenated alkanes) is 10. The van der Waals surface area contributed by atoms with Gasteiger partial charge in [-0.1, -0.05) is 77.6 Å². The molecule has 0 radical (unpaired) electrons. The van der Waals surface area contributed by atoms with Gasteiger partial charge in [0.05, 0.1) is 12.7 Å². The van der Waals surface area contributed by atoms with Gasteiger partial charge < -0.3 is 21.1 Å². The zero-order chi connectivity index (χ0) is 17.9. The van der Waals surface area contributed by atoms with Gasteiger partial charge in [-0.3, -0.25) is 4.79 Å². The first-order valence-corrected chi connectivity index (χ1v) is 10.1. The first-order valence-electron chi connectivity index (χ1n) is 10.1. The van der Waals surface area contributed by atoms with Gasteiger partial charge in [-0.25, -0.2) is 0 Å². The smallest absolute Gasteiger partial charge is 0.305 e. The minimum absolute atomic E-state index is 0. The van der Waals surface area contributed by atoms with Crippen molar-refractivity contribution in [3.05, 3.63) is 0 Å². The van der Waals surface area contributed by atoms with Gasteiger partial charge in [0.25, 0.3) is 0 Å². The summed E-state index contributed by atoms with van der Waals surface area (Å²) in [5.74, 6) is -0.197. The van der Waals surface area contributed by atoms with Crippen molar-refractivity contribution in [3.8, 4) is 0 Å². The Labute approximate surface area is 155 Å². The number of rotatable bonds is 18. The van der Waals surface area contributed by atoms with Crippen LogP contribution in [-0.4, -0.2) is 35.5 Å². The molecule has 25 heavy (non-hydrogen) atoms. The Morgan fingerprint density at radius 3 is 1.84 bits per heavy atom. The first kappa shape index (κ1) is 26.6. The van der Waals surface area contributed by atoms with Gasteiger partial charge in [0.1, 0.15) is 6.61 Å². The molecule has 0 amide bonds. The van der Waals surface area contributed by atoms with E-state index in [0.717, 1.165) is 32.1 Å². The Balaban J connectivity index is 0. The number of carbonyl (C=O) groups is 1. The molecule has 0 saturated carbocycles.